The van der Waals surface area contributed by atoms with Crippen LogP contribution in [0.2, 0.25) is 0 Å². The van der Waals surface area contributed by atoms with Crippen LogP contribution in [0.25, 0.3) is 5.65 Å². The van der Waals surface area contributed by atoms with Gasteiger partial charge in [-0.2, -0.15) is 4.52 Å². The summed E-state index contributed by atoms with van der Waals surface area (Å²) in [6.45, 7) is 1.95. The number of benzene rings is 1. The predicted molar refractivity (Wildman–Crippen MR) is 100 cm³/mol. The van der Waals surface area contributed by atoms with Crippen LogP contribution in [0.4, 0.5) is 20.3 Å². The van der Waals surface area contributed by atoms with Crippen molar-refractivity contribution in [3.05, 3.63) is 47.8 Å². The molecule has 9 heteroatoms. The van der Waals surface area contributed by atoms with Crippen molar-refractivity contribution in [3.63, 3.8) is 0 Å². The topological polar surface area (TPSA) is 75.4 Å². The molecular formula is C19H20F2N6O. The maximum absolute atomic E-state index is 13.7. The van der Waals surface area contributed by atoms with Gasteiger partial charge in [0.15, 0.2) is 11.5 Å². The quantitative estimate of drug-likeness (QED) is 0.730. The third kappa shape index (κ3) is 3.92. The zero-order chi connectivity index (χ0) is 19.5. The number of halogens is 2. The van der Waals surface area contributed by atoms with E-state index in [1.54, 1.807) is 4.52 Å². The van der Waals surface area contributed by atoms with E-state index in [1.165, 1.54) is 12.5 Å². The lowest BCUT2D eigenvalue weighted by atomic mass is 10.1. The standard InChI is InChI=1S/C19H20F2N6O/c20-13-4-5-15(14(21)12-13)22-19(28)9-8-17-24-23-16-6-7-18(25-27(16)17)26-10-2-1-3-11-26/h4-7,12H,1-3,8-11H2,(H,22,28). The van der Waals surface area contributed by atoms with E-state index < -0.39 is 17.5 Å². The molecule has 4 rings (SSSR count). The Morgan fingerprint density at radius 2 is 1.89 bits per heavy atom. The second-order valence-electron chi connectivity index (χ2n) is 6.80. The molecule has 1 N–H and O–H groups in total. The maximum atomic E-state index is 13.7. The van der Waals surface area contributed by atoms with Crippen LogP contribution in [-0.4, -0.2) is 38.8 Å². The lowest BCUT2D eigenvalue weighted by Crippen LogP contribution is -2.30. The van der Waals surface area contributed by atoms with Crippen LogP contribution < -0.4 is 10.2 Å². The predicted octanol–water partition coefficient (Wildman–Crippen LogP) is 2.96. The summed E-state index contributed by atoms with van der Waals surface area (Å²) >= 11 is 0. The highest BCUT2D eigenvalue weighted by atomic mass is 19.1. The van der Waals surface area contributed by atoms with Crippen molar-refractivity contribution in [3.8, 4) is 0 Å². The number of carbonyl (C=O) groups excluding carboxylic acids is 1. The normalized spacial score (nSPS) is 14.4. The molecule has 3 aromatic rings. The second kappa shape index (κ2) is 7.87. The van der Waals surface area contributed by atoms with Crippen molar-refractivity contribution < 1.29 is 13.6 Å². The van der Waals surface area contributed by atoms with E-state index >= 15 is 0 Å². The van der Waals surface area contributed by atoms with Gasteiger partial charge in [0.25, 0.3) is 0 Å². The maximum Gasteiger partial charge on any atom is 0.224 e. The van der Waals surface area contributed by atoms with Gasteiger partial charge >= 0.3 is 0 Å². The Hall–Kier alpha value is -3.10. The number of fused-ring (bicyclic) bond motifs is 1. The minimum absolute atomic E-state index is 0.0528. The van der Waals surface area contributed by atoms with Gasteiger partial charge in [-0.05, 0) is 43.5 Å². The molecule has 1 fully saturated rings. The number of hydrogen-bond donors (Lipinski definition) is 1. The molecule has 28 heavy (non-hydrogen) atoms. The number of carbonyl (C=O) groups is 1. The van der Waals surface area contributed by atoms with Gasteiger partial charge in [-0.15, -0.1) is 15.3 Å². The average molecular weight is 386 g/mol. The highest BCUT2D eigenvalue weighted by molar-refractivity contribution is 5.90. The first-order valence-corrected chi connectivity index (χ1v) is 9.31. The lowest BCUT2D eigenvalue weighted by Gasteiger charge is -2.27. The summed E-state index contributed by atoms with van der Waals surface area (Å²) in [6, 6.07) is 6.82. The van der Waals surface area contributed by atoms with Crippen LogP contribution >= 0.6 is 0 Å². The lowest BCUT2D eigenvalue weighted by molar-refractivity contribution is -0.116. The fourth-order valence-corrected chi connectivity index (χ4v) is 3.30. The number of anilines is 2. The van der Waals surface area contributed by atoms with Gasteiger partial charge in [0, 0.05) is 32.0 Å². The number of aromatic nitrogens is 4. The fourth-order valence-electron chi connectivity index (χ4n) is 3.30. The molecule has 3 heterocycles. The fraction of sp³-hybridized carbons (Fsp3) is 0.368. The molecule has 7 nitrogen and oxygen atoms in total. The van der Waals surface area contributed by atoms with Gasteiger partial charge in [0.05, 0.1) is 5.69 Å². The third-order valence-electron chi connectivity index (χ3n) is 4.77. The van der Waals surface area contributed by atoms with Crippen molar-refractivity contribution >= 4 is 23.1 Å². The Balaban J connectivity index is 1.44. The number of nitrogens with zero attached hydrogens (tertiary/aromatic N) is 5. The van der Waals surface area contributed by atoms with Gasteiger partial charge in [-0.1, -0.05) is 0 Å². The molecule has 0 unspecified atom stereocenters. The minimum Gasteiger partial charge on any atom is -0.355 e. The average Bonchev–Trinajstić information content (AvgIpc) is 3.11. The van der Waals surface area contributed by atoms with Gasteiger partial charge in [0.1, 0.15) is 17.5 Å². The van der Waals surface area contributed by atoms with E-state index in [-0.39, 0.29) is 12.1 Å². The van der Waals surface area contributed by atoms with Crippen LogP contribution in [-0.2, 0) is 11.2 Å². The van der Waals surface area contributed by atoms with Crippen LogP contribution in [0.3, 0.4) is 0 Å². The smallest absolute Gasteiger partial charge is 0.224 e. The number of nitrogens with one attached hydrogen (secondary N) is 1. The van der Waals surface area contributed by atoms with Gasteiger partial charge in [-0.3, -0.25) is 4.79 Å². The van der Waals surface area contributed by atoms with Crippen molar-refractivity contribution in [1.82, 2.24) is 19.8 Å². The number of amides is 1. The van der Waals surface area contributed by atoms with E-state index in [0.29, 0.717) is 17.9 Å². The zero-order valence-electron chi connectivity index (χ0n) is 15.2. The Morgan fingerprint density at radius 1 is 1.07 bits per heavy atom. The Morgan fingerprint density at radius 3 is 2.68 bits per heavy atom. The highest BCUT2D eigenvalue weighted by Gasteiger charge is 2.16. The molecule has 1 aliphatic rings. The van der Waals surface area contributed by atoms with Crippen molar-refractivity contribution in [2.45, 2.75) is 32.1 Å². The zero-order valence-corrected chi connectivity index (χ0v) is 15.2. The van der Waals surface area contributed by atoms with Crippen molar-refractivity contribution in [2.24, 2.45) is 0 Å². The second-order valence-corrected chi connectivity index (χ2v) is 6.80. The Labute approximate surface area is 160 Å². The van der Waals surface area contributed by atoms with E-state index in [9.17, 15) is 13.6 Å². The van der Waals surface area contributed by atoms with E-state index in [2.05, 4.69) is 25.5 Å². The third-order valence-corrected chi connectivity index (χ3v) is 4.77. The molecule has 1 aliphatic heterocycles. The number of aryl methyl sites for hydroxylation is 1. The summed E-state index contributed by atoms with van der Waals surface area (Å²) < 4.78 is 28.3. The van der Waals surface area contributed by atoms with Crippen molar-refractivity contribution in [1.29, 1.82) is 0 Å². The van der Waals surface area contributed by atoms with Gasteiger partial charge in [0.2, 0.25) is 5.91 Å². The van der Waals surface area contributed by atoms with Gasteiger partial charge < -0.3 is 10.2 Å². The molecular weight excluding hydrogens is 366 g/mol. The van der Waals surface area contributed by atoms with Crippen LogP contribution in [0.1, 0.15) is 31.5 Å². The molecule has 0 atom stereocenters. The monoisotopic (exact) mass is 386 g/mol. The largest absolute Gasteiger partial charge is 0.355 e. The first-order chi connectivity index (χ1) is 13.6. The molecule has 0 spiro atoms. The Bertz CT molecular complexity index is 999. The van der Waals surface area contributed by atoms with E-state index in [0.717, 1.165) is 43.9 Å². The number of hydrogen-bond acceptors (Lipinski definition) is 5. The molecule has 1 aromatic carbocycles. The van der Waals surface area contributed by atoms with Gasteiger partial charge in [-0.25, -0.2) is 8.78 Å². The van der Waals surface area contributed by atoms with E-state index in [1.807, 2.05) is 12.1 Å². The molecule has 2 aromatic heterocycles. The summed E-state index contributed by atoms with van der Waals surface area (Å²) in [5.74, 6) is -0.473. The Kier molecular flexibility index (Phi) is 5.14. The van der Waals surface area contributed by atoms with Crippen molar-refractivity contribution in [2.75, 3.05) is 23.3 Å². The number of rotatable bonds is 5. The van der Waals surface area contributed by atoms with E-state index in [4.69, 9.17) is 0 Å². The first kappa shape index (κ1) is 18.3. The summed E-state index contributed by atoms with van der Waals surface area (Å²) in [5, 5.41) is 15.3. The SMILES string of the molecule is O=C(CCc1nnc2ccc(N3CCCCC3)nn12)Nc1ccc(F)cc1F. The molecule has 0 radical (unpaired) electrons. The molecule has 1 amide bonds. The summed E-state index contributed by atoms with van der Waals surface area (Å²) in [5.41, 5.74) is 0.559. The summed E-state index contributed by atoms with van der Waals surface area (Å²) in [7, 11) is 0. The molecule has 0 bridgehead atoms. The molecule has 0 aliphatic carbocycles. The number of piperidine rings is 1. The van der Waals surface area contributed by atoms with Crippen LogP contribution in [0.15, 0.2) is 30.3 Å². The van der Waals surface area contributed by atoms with Crippen LogP contribution in [0, 0.1) is 11.6 Å². The molecule has 146 valence electrons. The van der Waals surface area contributed by atoms with Crippen LogP contribution in [0.5, 0.6) is 0 Å². The molecule has 1 saturated heterocycles. The first-order valence-electron chi connectivity index (χ1n) is 9.31. The highest BCUT2D eigenvalue weighted by Crippen LogP contribution is 2.19. The summed E-state index contributed by atoms with van der Waals surface area (Å²) in [6.07, 6.45) is 3.91. The minimum atomic E-state index is -0.811. The summed E-state index contributed by atoms with van der Waals surface area (Å²) in [4.78, 5) is 14.4. The molecule has 0 saturated carbocycles.